The lowest BCUT2D eigenvalue weighted by molar-refractivity contribution is 0.220. The lowest BCUT2D eigenvalue weighted by atomic mass is 9.97. The highest BCUT2D eigenvalue weighted by Crippen LogP contribution is 2.33. The molecule has 0 aliphatic carbocycles. The zero-order valence-electron chi connectivity index (χ0n) is 16.1. The van der Waals surface area contributed by atoms with Gasteiger partial charge in [-0.2, -0.15) is 0 Å². The van der Waals surface area contributed by atoms with E-state index in [0.717, 1.165) is 19.6 Å². The minimum atomic E-state index is 0.312. The molecule has 0 unspecified atom stereocenters. The Morgan fingerprint density at radius 1 is 0.885 bits per heavy atom. The second kappa shape index (κ2) is 7.13. The molecule has 134 valence electrons. The normalized spacial score (nSPS) is 17.7. The first-order valence-corrected chi connectivity index (χ1v) is 9.63. The molecule has 0 amide bonds. The van der Waals surface area contributed by atoms with Gasteiger partial charge < -0.3 is 4.57 Å². The summed E-state index contributed by atoms with van der Waals surface area (Å²) in [7, 11) is 0. The van der Waals surface area contributed by atoms with Crippen molar-refractivity contribution in [1.29, 1.82) is 0 Å². The van der Waals surface area contributed by atoms with Crippen LogP contribution in [0.1, 0.15) is 46.0 Å². The van der Waals surface area contributed by atoms with Crippen molar-refractivity contribution in [3.05, 3.63) is 94.3 Å². The second-order valence-electron chi connectivity index (χ2n) is 7.69. The fourth-order valence-corrected chi connectivity index (χ4v) is 4.17. The van der Waals surface area contributed by atoms with Crippen molar-refractivity contribution < 1.29 is 0 Å². The van der Waals surface area contributed by atoms with Crippen molar-refractivity contribution in [2.45, 2.75) is 46.3 Å². The van der Waals surface area contributed by atoms with Crippen molar-refractivity contribution in [2.75, 3.05) is 6.54 Å². The van der Waals surface area contributed by atoms with Crippen LogP contribution >= 0.6 is 0 Å². The maximum atomic E-state index is 2.65. The average Bonchev–Trinajstić information content (AvgIpc) is 3.00. The molecule has 0 spiro atoms. The highest BCUT2D eigenvalue weighted by atomic mass is 15.2. The van der Waals surface area contributed by atoms with E-state index in [4.69, 9.17) is 0 Å². The molecule has 2 aromatic carbocycles. The molecule has 1 aromatic heterocycles. The molecule has 1 aliphatic heterocycles. The Bertz CT molecular complexity index is 906. The zero-order valence-corrected chi connectivity index (χ0v) is 16.1. The summed E-state index contributed by atoms with van der Waals surface area (Å²) in [6.45, 7) is 9.81. The standard InChI is InChI=1S/C24H28N2/c1-18-7-4-8-21(15-18)17-26-14-6-13-25-12-5-9-23(25)24(26)22-11-10-19(2)20(3)16-22/h4-5,7-12,15-16,24H,6,13-14,17H2,1-3H3/t24-/m1/s1. The topological polar surface area (TPSA) is 8.17 Å². The lowest BCUT2D eigenvalue weighted by Gasteiger charge is -2.31. The fraction of sp³-hybridized carbons (Fsp3) is 0.333. The third-order valence-corrected chi connectivity index (χ3v) is 5.67. The average molecular weight is 345 g/mol. The third-order valence-electron chi connectivity index (χ3n) is 5.67. The Balaban J connectivity index is 1.76. The fourth-order valence-electron chi connectivity index (χ4n) is 4.17. The van der Waals surface area contributed by atoms with Gasteiger partial charge in [-0.1, -0.05) is 48.0 Å². The summed E-state index contributed by atoms with van der Waals surface area (Å²) in [5.41, 5.74) is 8.30. The van der Waals surface area contributed by atoms with Gasteiger partial charge in [0.15, 0.2) is 0 Å². The van der Waals surface area contributed by atoms with E-state index in [1.807, 2.05) is 0 Å². The van der Waals surface area contributed by atoms with E-state index in [0.29, 0.717) is 6.04 Å². The molecular formula is C24H28N2. The molecule has 3 aromatic rings. The predicted octanol–water partition coefficient (Wildman–Crippen LogP) is 5.41. The molecule has 1 atom stereocenters. The number of benzene rings is 2. The van der Waals surface area contributed by atoms with E-state index in [-0.39, 0.29) is 0 Å². The molecule has 2 heteroatoms. The van der Waals surface area contributed by atoms with Crippen LogP contribution in [0.2, 0.25) is 0 Å². The van der Waals surface area contributed by atoms with Gasteiger partial charge in [0.2, 0.25) is 0 Å². The maximum absolute atomic E-state index is 2.65. The summed E-state index contributed by atoms with van der Waals surface area (Å²) in [5.74, 6) is 0. The molecule has 2 nitrogen and oxygen atoms in total. The van der Waals surface area contributed by atoms with Gasteiger partial charge in [-0.05, 0) is 61.6 Å². The molecule has 0 bridgehead atoms. The number of aromatic nitrogens is 1. The molecule has 0 saturated heterocycles. The molecule has 4 rings (SSSR count). The molecular weight excluding hydrogens is 316 g/mol. The van der Waals surface area contributed by atoms with Crippen LogP contribution in [0.3, 0.4) is 0 Å². The van der Waals surface area contributed by atoms with Gasteiger partial charge in [-0.25, -0.2) is 0 Å². The minimum Gasteiger partial charge on any atom is -0.350 e. The highest BCUT2D eigenvalue weighted by molar-refractivity contribution is 5.36. The first-order valence-electron chi connectivity index (χ1n) is 9.63. The molecule has 0 fully saturated rings. The quantitative estimate of drug-likeness (QED) is 0.617. The van der Waals surface area contributed by atoms with E-state index in [9.17, 15) is 0 Å². The largest absolute Gasteiger partial charge is 0.350 e. The van der Waals surface area contributed by atoms with Crippen molar-refractivity contribution in [2.24, 2.45) is 0 Å². The Morgan fingerprint density at radius 2 is 1.77 bits per heavy atom. The third kappa shape index (κ3) is 3.34. The smallest absolute Gasteiger partial charge is 0.0759 e. The summed E-state index contributed by atoms with van der Waals surface area (Å²) in [6.07, 6.45) is 3.42. The van der Waals surface area contributed by atoms with Crippen LogP contribution in [0, 0.1) is 20.8 Å². The highest BCUT2D eigenvalue weighted by Gasteiger charge is 2.27. The number of hydrogen-bond donors (Lipinski definition) is 0. The van der Waals surface area contributed by atoms with Crippen LogP contribution in [0.15, 0.2) is 60.8 Å². The van der Waals surface area contributed by atoms with E-state index in [1.54, 1.807) is 0 Å². The van der Waals surface area contributed by atoms with Crippen LogP contribution in [-0.4, -0.2) is 16.0 Å². The van der Waals surface area contributed by atoms with Crippen molar-refractivity contribution >= 4 is 0 Å². The van der Waals surface area contributed by atoms with Crippen molar-refractivity contribution in [3.8, 4) is 0 Å². The van der Waals surface area contributed by atoms with Crippen LogP contribution in [-0.2, 0) is 13.1 Å². The zero-order chi connectivity index (χ0) is 18.1. The van der Waals surface area contributed by atoms with E-state index in [2.05, 4.69) is 91.0 Å². The van der Waals surface area contributed by atoms with Gasteiger partial charge in [-0.3, -0.25) is 4.90 Å². The van der Waals surface area contributed by atoms with Gasteiger partial charge in [0.05, 0.1) is 6.04 Å². The number of rotatable bonds is 3. The van der Waals surface area contributed by atoms with Gasteiger partial charge in [0, 0.05) is 31.5 Å². The number of hydrogen-bond acceptors (Lipinski definition) is 1. The van der Waals surface area contributed by atoms with E-state index >= 15 is 0 Å². The van der Waals surface area contributed by atoms with Gasteiger partial charge in [0.1, 0.15) is 0 Å². The van der Waals surface area contributed by atoms with Crippen LogP contribution in [0.25, 0.3) is 0 Å². The van der Waals surface area contributed by atoms with Crippen molar-refractivity contribution in [1.82, 2.24) is 9.47 Å². The number of nitrogens with zero attached hydrogens (tertiary/aromatic N) is 2. The molecule has 0 saturated carbocycles. The van der Waals surface area contributed by atoms with Gasteiger partial charge in [-0.15, -0.1) is 0 Å². The molecule has 0 radical (unpaired) electrons. The van der Waals surface area contributed by atoms with E-state index < -0.39 is 0 Å². The van der Waals surface area contributed by atoms with Gasteiger partial charge >= 0.3 is 0 Å². The Labute approximate surface area is 157 Å². The Kier molecular flexibility index (Phi) is 4.69. The predicted molar refractivity (Wildman–Crippen MR) is 108 cm³/mol. The second-order valence-corrected chi connectivity index (χ2v) is 7.69. The maximum Gasteiger partial charge on any atom is 0.0759 e. The van der Waals surface area contributed by atoms with Crippen LogP contribution in [0.4, 0.5) is 0 Å². The molecule has 1 aliphatic rings. The SMILES string of the molecule is Cc1cccc(CN2CCCn3cccc3[C@H]2c2ccc(C)c(C)c2)c1. The van der Waals surface area contributed by atoms with E-state index in [1.165, 1.54) is 39.9 Å². The first-order chi connectivity index (χ1) is 12.6. The Hall–Kier alpha value is -2.32. The molecule has 2 heterocycles. The summed E-state index contributed by atoms with van der Waals surface area (Å²) >= 11 is 0. The first kappa shape index (κ1) is 17.1. The Morgan fingerprint density at radius 3 is 2.58 bits per heavy atom. The van der Waals surface area contributed by atoms with Gasteiger partial charge in [0.25, 0.3) is 0 Å². The summed E-state index contributed by atoms with van der Waals surface area (Å²) in [6, 6.07) is 20.7. The summed E-state index contributed by atoms with van der Waals surface area (Å²) in [4.78, 5) is 2.65. The van der Waals surface area contributed by atoms with Crippen LogP contribution in [0.5, 0.6) is 0 Å². The number of aryl methyl sites for hydroxylation is 4. The van der Waals surface area contributed by atoms with Crippen LogP contribution < -0.4 is 0 Å². The summed E-state index contributed by atoms with van der Waals surface area (Å²) < 4.78 is 2.44. The minimum absolute atomic E-state index is 0.312. The summed E-state index contributed by atoms with van der Waals surface area (Å²) in [5, 5.41) is 0. The number of fused-ring (bicyclic) bond motifs is 1. The lowest BCUT2D eigenvalue weighted by Crippen LogP contribution is -2.29. The monoisotopic (exact) mass is 344 g/mol. The molecule has 0 N–H and O–H groups in total. The molecule has 26 heavy (non-hydrogen) atoms. The van der Waals surface area contributed by atoms with Crippen molar-refractivity contribution in [3.63, 3.8) is 0 Å².